The van der Waals surface area contributed by atoms with Gasteiger partial charge in [-0.25, -0.2) is 4.79 Å². The smallest absolute Gasteiger partial charge is 0.409 e. The molecule has 0 spiro atoms. The van der Waals surface area contributed by atoms with Crippen molar-refractivity contribution in [2.75, 3.05) is 13.2 Å². The number of rotatable bonds is 15. The maximum atomic E-state index is 14.1. The Morgan fingerprint density at radius 2 is 1.15 bits per heavy atom. The Labute approximate surface area is 276 Å². The zero-order valence-corrected chi connectivity index (χ0v) is 26.5. The number of hydrogen-bond acceptors (Lipinski definition) is 7. The molecule has 246 valence electrons. The van der Waals surface area contributed by atoms with Gasteiger partial charge in [0.25, 0.3) is 0 Å². The average Bonchev–Trinajstić information content (AvgIpc) is 3.11. The number of carbonyl (C=O) groups excluding carboxylic acids is 2. The fraction of sp³-hybridized carbons (Fsp3) is 0.316. The summed E-state index contributed by atoms with van der Waals surface area (Å²) in [6, 6.07) is 38.9. The maximum Gasteiger partial charge on any atom is 0.409 e. The first kappa shape index (κ1) is 33.8. The number of amides is 2. The minimum Gasteiger partial charge on any atom is -0.450 e. The third-order valence-electron chi connectivity index (χ3n) is 7.80. The van der Waals surface area contributed by atoms with Gasteiger partial charge in [-0.15, -0.1) is 0 Å². The number of nitrogens with one attached hydrogen (secondary N) is 2. The zero-order valence-electron chi connectivity index (χ0n) is 26.5. The third-order valence-corrected chi connectivity index (χ3v) is 7.80. The van der Waals surface area contributed by atoms with Gasteiger partial charge in [0.15, 0.2) is 0 Å². The van der Waals surface area contributed by atoms with Gasteiger partial charge >= 0.3 is 6.09 Å². The quantitative estimate of drug-likeness (QED) is 0.170. The molecule has 9 nitrogen and oxygen atoms in total. The van der Waals surface area contributed by atoms with Gasteiger partial charge in [-0.2, -0.15) is 0 Å². The molecule has 0 aliphatic carbocycles. The van der Waals surface area contributed by atoms with Gasteiger partial charge in [0.1, 0.15) is 30.5 Å². The second-order valence-electron chi connectivity index (χ2n) is 11.2. The molecular formula is C38H42N2O7. The maximum absolute atomic E-state index is 14.1. The molecule has 2 N–H and O–H groups in total. The zero-order chi connectivity index (χ0) is 32.7. The van der Waals surface area contributed by atoms with E-state index in [1.807, 2.05) is 121 Å². The normalized spacial score (nSPS) is 20.7. The molecule has 5 rings (SSSR count). The van der Waals surface area contributed by atoms with Crippen molar-refractivity contribution >= 4 is 12.0 Å². The molecule has 0 aromatic heterocycles. The van der Waals surface area contributed by atoms with Crippen LogP contribution in [0.3, 0.4) is 0 Å². The highest BCUT2D eigenvalue weighted by molar-refractivity contribution is 5.81. The van der Waals surface area contributed by atoms with Gasteiger partial charge in [-0.1, -0.05) is 121 Å². The van der Waals surface area contributed by atoms with E-state index >= 15 is 0 Å². The minimum atomic E-state index is -1.09. The molecule has 0 radical (unpaired) electrons. The number of carbonyl (C=O) groups is 2. The van der Waals surface area contributed by atoms with E-state index in [0.29, 0.717) is 6.61 Å². The largest absolute Gasteiger partial charge is 0.450 e. The second-order valence-corrected chi connectivity index (χ2v) is 11.2. The third kappa shape index (κ3) is 10.2. The highest BCUT2D eigenvalue weighted by Gasteiger charge is 2.51. The average molecular weight is 639 g/mol. The summed E-state index contributed by atoms with van der Waals surface area (Å²) in [4.78, 5) is 26.9. The van der Waals surface area contributed by atoms with Crippen LogP contribution in [0, 0.1) is 5.92 Å². The highest BCUT2D eigenvalue weighted by Crippen LogP contribution is 2.32. The Morgan fingerprint density at radius 3 is 1.68 bits per heavy atom. The van der Waals surface area contributed by atoms with Crippen molar-refractivity contribution in [3.63, 3.8) is 0 Å². The van der Waals surface area contributed by atoms with Gasteiger partial charge in [0, 0.05) is 6.54 Å². The minimum absolute atomic E-state index is 0.124. The number of hydrogen-bond donors (Lipinski definition) is 2. The van der Waals surface area contributed by atoms with Crippen molar-refractivity contribution in [3.8, 4) is 0 Å². The summed E-state index contributed by atoms with van der Waals surface area (Å²) in [6.45, 7) is 3.09. The molecule has 9 heteroatoms. The summed E-state index contributed by atoms with van der Waals surface area (Å²) in [6.07, 6.45) is -4.06. The SMILES string of the molecule is CCOC(=O)N[C@H]1O[C@H](COCc2ccccc2)[C@@H](OCc2ccccc2)[C@H](OCc2ccccc2)[C@H]1C(=O)NCc1ccccc1. The molecule has 1 aliphatic heterocycles. The first-order chi connectivity index (χ1) is 23.1. The van der Waals surface area contributed by atoms with Crippen molar-refractivity contribution in [1.82, 2.24) is 10.6 Å². The fourth-order valence-electron chi connectivity index (χ4n) is 5.48. The van der Waals surface area contributed by atoms with Crippen molar-refractivity contribution in [1.29, 1.82) is 0 Å². The van der Waals surface area contributed by atoms with Crippen LogP contribution in [-0.4, -0.2) is 49.8 Å². The summed E-state index contributed by atoms with van der Waals surface area (Å²) in [5.74, 6) is -1.34. The first-order valence-corrected chi connectivity index (χ1v) is 15.9. The van der Waals surface area contributed by atoms with Crippen LogP contribution in [0.1, 0.15) is 29.2 Å². The molecule has 5 atom stereocenters. The number of ether oxygens (including phenoxy) is 5. The van der Waals surface area contributed by atoms with E-state index in [9.17, 15) is 9.59 Å². The molecule has 1 heterocycles. The van der Waals surface area contributed by atoms with E-state index in [-0.39, 0.29) is 38.9 Å². The lowest BCUT2D eigenvalue weighted by Gasteiger charge is -2.45. The molecule has 0 unspecified atom stereocenters. The second kappa shape index (κ2) is 18.0. The van der Waals surface area contributed by atoms with Crippen LogP contribution in [0.25, 0.3) is 0 Å². The van der Waals surface area contributed by atoms with Crippen LogP contribution in [-0.2, 0) is 54.8 Å². The molecule has 1 saturated heterocycles. The van der Waals surface area contributed by atoms with E-state index < -0.39 is 36.6 Å². The monoisotopic (exact) mass is 638 g/mol. The van der Waals surface area contributed by atoms with Gasteiger partial charge < -0.3 is 29.0 Å². The van der Waals surface area contributed by atoms with Crippen molar-refractivity contribution in [2.45, 2.75) is 57.8 Å². The predicted molar refractivity (Wildman–Crippen MR) is 177 cm³/mol. The van der Waals surface area contributed by atoms with E-state index in [0.717, 1.165) is 22.3 Å². The Kier molecular flexibility index (Phi) is 12.9. The molecule has 47 heavy (non-hydrogen) atoms. The molecule has 1 aliphatic rings. The standard InChI is InChI=1S/C38H42N2O7/c1-2-44-38(42)40-37-33(36(41)39-23-28-15-7-3-8-16-28)35(46-26-31-21-13-6-14-22-31)34(45-25-30-19-11-5-12-20-30)32(47-37)27-43-24-29-17-9-4-10-18-29/h3-22,32-35,37H,2,23-27H2,1H3,(H,39,41)(H,40,42)/t32-,33+,34-,35-,37+/m1/s1. The van der Waals surface area contributed by atoms with Crippen LogP contribution in [0.2, 0.25) is 0 Å². The van der Waals surface area contributed by atoms with Gasteiger partial charge in [-0.3, -0.25) is 10.1 Å². The highest BCUT2D eigenvalue weighted by atomic mass is 16.6. The van der Waals surface area contributed by atoms with Crippen molar-refractivity contribution in [2.24, 2.45) is 5.92 Å². The lowest BCUT2D eigenvalue weighted by Crippen LogP contribution is -2.65. The summed E-state index contributed by atoms with van der Waals surface area (Å²) in [5.41, 5.74) is 3.81. The molecule has 1 fully saturated rings. The lowest BCUT2D eigenvalue weighted by atomic mass is 9.88. The van der Waals surface area contributed by atoms with Crippen LogP contribution in [0.4, 0.5) is 4.79 Å². The molecular weight excluding hydrogens is 596 g/mol. The number of benzene rings is 4. The van der Waals surface area contributed by atoms with Gasteiger partial charge in [0.05, 0.1) is 33.0 Å². The summed E-state index contributed by atoms with van der Waals surface area (Å²) in [7, 11) is 0. The Balaban J connectivity index is 1.46. The Morgan fingerprint density at radius 1 is 0.660 bits per heavy atom. The van der Waals surface area contributed by atoms with E-state index in [1.54, 1.807) is 6.92 Å². The summed E-state index contributed by atoms with van der Waals surface area (Å²) < 4.78 is 31.0. The number of alkyl carbamates (subject to hydrolysis) is 1. The fourth-order valence-corrected chi connectivity index (χ4v) is 5.48. The van der Waals surface area contributed by atoms with E-state index in [1.165, 1.54) is 0 Å². The van der Waals surface area contributed by atoms with Crippen LogP contribution < -0.4 is 10.6 Å². The molecule has 2 amide bonds. The van der Waals surface area contributed by atoms with Crippen LogP contribution in [0.15, 0.2) is 121 Å². The predicted octanol–water partition coefficient (Wildman–Crippen LogP) is 5.78. The lowest BCUT2D eigenvalue weighted by molar-refractivity contribution is -0.246. The molecule has 0 bridgehead atoms. The summed E-state index contributed by atoms with van der Waals surface area (Å²) >= 11 is 0. The summed E-state index contributed by atoms with van der Waals surface area (Å²) in [5, 5.41) is 5.80. The first-order valence-electron chi connectivity index (χ1n) is 15.9. The van der Waals surface area contributed by atoms with Gasteiger partial charge in [0.2, 0.25) is 5.91 Å². The van der Waals surface area contributed by atoms with Crippen LogP contribution in [0.5, 0.6) is 0 Å². The Hall–Kier alpha value is -4.54. The molecule has 4 aromatic rings. The molecule has 0 saturated carbocycles. The van der Waals surface area contributed by atoms with Crippen molar-refractivity contribution in [3.05, 3.63) is 144 Å². The molecule has 4 aromatic carbocycles. The van der Waals surface area contributed by atoms with E-state index in [2.05, 4.69) is 10.6 Å². The Bertz CT molecular complexity index is 1490. The topological polar surface area (TPSA) is 104 Å². The van der Waals surface area contributed by atoms with Crippen molar-refractivity contribution < 1.29 is 33.3 Å². The van der Waals surface area contributed by atoms with Gasteiger partial charge in [-0.05, 0) is 29.2 Å². The van der Waals surface area contributed by atoms with Crippen LogP contribution >= 0.6 is 0 Å². The van der Waals surface area contributed by atoms with E-state index in [4.69, 9.17) is 23.7 Å².